The molecule has 6 heteroatoms. The van der Waals surface area contributed by atoms with Gasteiger partial charge in [-0.15, -0.1) is 11.3 Å². The monoisotopic (exact) mass is 304 g/mol. The molecular formula is C15H16N2O3S. The van der Waals surface area contributed by atoms with Crippen LogP contribution >= 0.6 is 11.3 Å². The first kappa shape index (κ1) is 15.2. The van der Waals surface area contributed by atoms with Gasteiger partial charge in [0.05, 0.1) is 12.1 Å². The van der Waals surface area contributed by atoms with Crippen molar-refractivity contribution < 1.29 is 14.7 Å². The largest absolute Gasteiger partial charge is 0.477 e. The molecule has 21 heavy (non-hydrogen) atoms. The number of anilines is 1. The lowest BCUT2D eigenvalue weighted by molar-refractivity contribution is -0.115. The van der Waals surface area contributed by atoms with Crippen LogP contribution in [-0.2, 0) is 17.6 Å². The Morgan fingerprint density at radius 2 is 2.00 bits per heavy atom. The van der Waals surface area contributed by atoms with E-state index in [4.69, 9.17) is 5.11 Å². The van der Waals surface area contributed by atoms with E-state index in [9.17, 15) is 9.59 Å². The number of thiazole rings is 1. The third kappa shape index (κ3) is 4.13. The van der Waals surface area contributed by atoms with Gasteiger partial charge in [-0.2, -0.15) is 0 Å². The van der Waals surface area contributed by atoms with Crippen molar-refractivity contribution >= 4 is 28.9 Å². The van der Waals surface area contributed by atoms with Crippen LogP contribution in [0, 0.1) is 0 Å². The zero-order valence-electron chi connectivity index (χ0n) is 11.6. The summed E-state index contributed by atoms with van der Waals surface area (Å²) in [7, 11) is 0. The Hall–Kier alpha value is -2.21. The second-order valence-electron chi connectivity index (χ2n) is 4.53. The van der Waals surface area contributed by atoms with Gasteiger partial charge in [0.1, 0.15) is 9.88 Å². The molecule has 2 aromatic rings. The number of carboxylic acid groups (broad SMARTS) is 1. The summed E-state index contributed by atoms with van der Waals surface area (Å²) in [5.41, 5.74) is 1.28. The number of hydrogen-bond donors (Lipinski definition) is 2. The highest BCUT2D eigenvalue weighted by molar-refractivity contribution is 7.13. The molecule has 0 fully saturated rings. The van der Waals surface area contributed by atoms with E-state index < -0.39 is 5.97 Å². The molecule has 2 rings (SSSR count). The van der Waals surface area contributed by atoms with Gasteiger partial charge >= 0.3 is 5.97 Å². The number of nitrogens with zero attached hydrogens (tertiary/aromatic N) is 1. The van der Waals surface area contributed by atoms with Crippen LogP contribution in [0.25, 0.3) is 0 Å². The van der Waals surface area contributed by atoms with Gasteiger partial charge in [0.2, 0.25) is 5.91 Å². The molecule has 2 N–H and O–H groups in total. The third-order valence-corrected chi connectivity index (χ3v) is 3.88. The molecule has 0 bridgehead atoms. The molecule has 1 amide bonds. The molecule has 0 radical (unpaired) electrons. The summed E-state index contributed by atoms with van der Waals surface area (Å²) in [5, 5.41) is 12.4. The maximum atomic E-state index is 11.9. The van der Waals surface area contributed by atoms with Crippen molar-refractivity contribution in [2.75, 3.05) is 5.32 Å². The molecule has 0 aliphatic rings. The number of carbonyl (C=O) groups is 2. The molecule has 5 nitrogen and oxygen atoms in total. The lowest BCUT2D eigenvalue weighted by Crippen LogP contribution is -2.14. The number of amides is 1. The van der Waals surface area contributed by atoms with Gasteiger partial charge in [0.25, 0.3) is 0 Å². The summed E-state index contributed by atoms with van der Waals surface area (Å²) >= 11 is 1.07. The molecule has 0 aliphatic heterocycles. The van der Waals surface area contributed by atoms with E-state index in [1.165, 1.54) is 0 Å². The number of aromatic nitrogens is 1. The van der Waals surface area contributed by atoms with Gasteiger partial charge < -0.3 is 10.4 Å². The maximum Gasteiger partial charge on any atom is 0.347 e. The van der Waals surface area contributed by atoms with E-state index in [1.54, 1.807) is 12.1 Å². The number of carboxylic acids is 1. The second-order valence-corrected chi connectivity index (χ2v) is 5.61. The van der Waals surface area contributed by atoms with Gasteiger partial charge in [0, 0.05) is 5.69 Å². The fourth-order valence-corrected chi connectivity index (χ4v) is 2.86. The fourth-order valence-electron chi connectivity index (χ4n) is 1.91. The second kappa shape index (κ2) is 6.99. The Balaban J connectivity index is 2.07. The third-order valence-electron chi connectivity index (χ3n) is 2.79. The normalized spacial score (nSPS) is 10.3. The molecule has 0 spiro atoms. The van der Waals surface area contributed by atoms with Gasteiger partial charge in [-0.25, -0.2) is 9.78 Å². The van der Waals surface area contributed by atoms with Crippen molar-refractivity contribution in [1.82, 2.24) is 4.98 Å². The fraction of sp³-hybridized carbons (Fsp3) is 0.267. The van der Waals surface area contributed by atoms with Gasteiger partial charge in [-0.1, -0.05) is 31.5 Å². The lowest BCUT2D eigenvalue weighted by atomic mass is 10.2. The van der Waals surface area contributed by atoms with Crippen molar-refractivity contribution in [2.45, 2.75) is 26.2 Å². The summed E-state index contributed by atoms with van der Waals surface area (Å²) in [5.74, 6) is -1.18. The summed E-state index contributed by atoms with van der Waals surface area (Å²) < 4.78 is 0. The van der Waals surface area contributed by atoms with Crippen LogP contribution in [-0.4, -0.2) is 22.0 Å². The zero-order chi connectivity index (χ0) is 15.2. The van der Waals surface area contributed by atoms with Crippen LogP contribution in [0.15, 0.2) is 30.3 Å². The van der Waals surface area contributed by atoms with Crippen molar-refractivity contribution in [3.05, 3.63) is 45.9 Å². The standard InChI is InChI=1S/C15H16N2O3S/c1-2-6-11-14(15(19)20)21-13(17-11)9-12(18)16-10-7-4-3-5-8-10/h3-5,7-8H,2,6,9H2,1H3,(H,16,18)(H,19,20). The first-order valence-electron chi connectivity index (χ1n) is 6.67. The molecule has 1 heterocycles. The minimum absolute atomic E-state index is 0.0869. The van der Waals surface area contributed by atoms with Crippen molar-refractivity contribution in [3.63, 3.8) is 0 Å². The minimum atomic E-state index is -0.981. The van der Waals surface area contributed by atoms with E-state index in [0.29, 0.717) is 22.8 Å². The summed E-state index contributed by atoms with van der Waals surface area (Å²) in [4.78, 5) is 27.6. The van der Waals surface area contributed by atoms with E-state index in [1.807, 2.05) is 25.1 Å². The van der Waals surface area contributed by atoms with E-state index in [0.717, 1.165) is 17.8 Å². The highest BCUT2D eigenvalue weighted by atomic mass is 32.1. The maximum absolute atomic E-state index is 11.9. The Morgan fingerprint density at radius 3 is 2.62 bits per heavy atom. The first-order chi connectivity index (χ1) is 10.1. The number of hydrogen-bond acceptors (Lipinski definition) is 4. The van der Waals surface area contributed by atoms with Crippen LogP contribution in [0.2, 0.25) is 0 Å². The van der Waals surface area contributed by atoms with Crippen LogP contribution in [0.5, 0.6) is 0 Å². The summed E-state index contributed by atoms with van der Waals surface area (Å²) in [6.07, 6.45) is 1.52. The Kier molecular flexibility index (Phi) is 5.05. The number of aryl methyl sites for hydroxylation is 1. The Morgan fingerprint density at radius 1 is 1.29 bits per heavy atom. The lowest BCUT2D eigenvalue weighted by Gasteiger charge is -2.02. The highest BCUT2D eigenvalue weighted by Crippen LogP contribution is 2.21. The predicted octanol–water partition coefficient (Wildman–Crippen LogP) is 2.98. The van der Waals surface area contributed by atoms with E-state index in [-0.39, 0.29) is 17.2 Å². The van der Waals surface area contributed by atoms with E-state index in [2.05, 4.69) is 10.3 Å². The molecule has 0 saturated heterocycles. The Bertz CT molecular complexity index is 638. The number of rotatable bonds is 6. The summed E-state index contributed by atoms with van der Waals surface area (Å²) in [6.45, 7) is 1.97. The van der Waals surface area contributed by atoms with Gasteiger partial charge in [0.15, 0.2) is 0 Å². The zero-order valence-corrected chi connectivity index (χ0v) is 12.4. The van der Waals surface area contributed by atoms with E-state index >= 15 is 0 Å². The molecule has 0 unspecified atom stereocenters. The van der Waals surface area contributed by atoms with Crippen molar-refractivity contribution in [2.24, 2.45) is 0 Å². The highest BCUT2D eigenvalue weighted by Gasteiger charge is 2.18. The molecule has 0 saturated carbocycles. The smallest absolute Gasteiger partial charge is 0.347 e. The van der Waals surface area contributed by atoms with Crippen LogP contribution < -0.4 is 5.32 Å². The molecular weight excluding hydrogens is 288 g/mol. The number of nitrogens with one attached hydrogen (secondary N) is 1. The summed E-state index contributed by atoms with van der Waals surface area (Å²) in [6, 6.07) is 9.13. The average Bonchev–Trinajstić information content (AvgIpc) is 2.83. The predicted molar refractivity (Wildman–Crippen MR) is 81.8 cm³/mol. The van der Waals surface area contributed by atoms with Crippen molar-refractivity contribution in [1.29, 1.82) is 0 Å². The molecule has 1 aromatic heterocycles. The van der Waals surface area contributed by atoms with Gasteiger partial charge in [-0.3, -0.25) is 4.79 Å². The molecule has 1 aromatic carbocycles. The van der Waals surface area contributed by atoms with Crippen LogP contribution in [0.1, 0.15) is 33.7 Å². The molecule has 110 valence electrons. The quantitative estimate of drug-likeness (QED) is 0.860. The van der Waals surface area contributed by atoms with Crippen LogP contribution in [0.4, 0.5) is 5.69 Å². The van der Waals surface area contributed by atoms with Crippen molar-refractivity contribution in [3.8, 4) is 0 Å². The number of para-hydroxylation sites is 1. The topological polar surface area (TPSA) is 79.3 Å². The average molecular weight is 304 g/mol. The minimum Gasteiger partial charge on any atom is -0.477 e. The molecule has 0 atom stereocenters. The first-order valence-corrected chi connectivity index (χ1v) is 7.48. The number of carbonyl (C=O) groups excluding carboxylic acids is 1. The van der Waals surface area contributed by atoms with Crippen LogP contribution in [0.3, 0.4) is 0 Å². The molecule has 0 aliphatic carbocycles. The van der Waals surface area contributed by atoms with Gasteiger partial charge in [-0.05, 0) is 18.6 Å². The SMILES string of the molecule is CCCc1nc(CC(=O)Nc2ccccc2)sc1C(=O)O. The Labute approximate surface area is 126 Å². The number of benzene rings is 1. The number of aromatic carboxylic acids is 1.